The van der Waals surface area contributed by atoms with Crippen LogP contribution in [0.5, 0.6) is 5.75 Å². The first-order chi connectivity index (χ1) is 17.3. The summed E-state index contributed by atoms with van der Waals surface area (Å²) in [4.78, 5) is 43.9. The Kier molecular flexibility index (Phi) is 7.15. The second-order valence-electron chi connectivity index (χ2n) is 8.32. The molecule has 1 amide bonds. The Morgan fingerprint density at radius 2 is 1.81 bits per heavy atom. The molecule has 4 rings (SSSR count). The smallest absolute Gasteiger partial charge is 0.338 e. The number of Topliss-reactive ketones (excluding diaryl/α,β-unsaturated/α-hetero) is 1. The van der Waals surface area contributed by atoms with E-state index in [1.807, 2.05) is 6.92 Å². The number of amides is 1. The van der Waals surface area contributed by atoms with Gasteiger partial charge in [-0.15, -0.1) is 0 Å². The lowest BCUT2D eigenvalue weighted by Gasteiger charge is -2.25. The summed E-state index contributed by atoms with van der Waals surface area (Å²) in [5.41, 5.74) is 2.85. The van der Waals surface area contributed by atoms with Gasteiger partial charge in [-0.25, -0.2) is 4.79 Å². The standard InChI is InChI=1S/C28H26N2O6/c1-4-36-28(34)19-9-7-18(8-10-19)16-30-24(21-6-5-13-29-15-21)23(26(32)27(30)33)25(31)20-11-12-22(35-3)17(2)14-20/h5-15,24,31H,4,16H2,1-3H3/b25-23-. The van der Waals surface area contributed by atoms with Crippen molar-refractivity contribution in [3.05, 3.63) is 100 Å². The van der Waals surface area contributed by atoms with Gasteiger partial charge in [0.05, 0.1) is 30.9 Å². The maximum Gasteiger partial charge on any atom is 0.338 e. The number of nitrogens with zero attached hydrogens (tertiary/aromatic N) is 2. The van der Waals surface area contributed by atoms with Crippen LogP contribution in [0, 0.1) is 6.92 Å². The number of aliphatic hydroxyl groups is 1. The molecule has 1 N–H and O–H groups in total. The van der Waals surface area contributed by atoms with Gasteiger partial charge >= 0.3 is 5.97 Å². The summed E-state index contributed by atoms with van der Waals surface area (Å²) in [6.45, 7) is 3.91. The number of benzene rings is 2. The Balaban J connectivity index is 1.75. The van der Waals surface area contributed by atoms with Crippen molar-refractivity contribution in [2.75, 3.05) is 13.7 Å². The van der Waals surface area contributed by atoms with E-state index in [2.05, 4.69) is 4.98 Å². The fourth-order valence-electron chi connectivity index (χ4n) is 4.27. The number of likely N-dealkylation sites (tertiary alicyclic amines) is 1. The van der Waals surface area contributed by atoms with Gasteiger partial charge in [-0.3, -0.25) is 14.6 Å². The number of rotatable bonds is 7. The zero-order valence-electron chi connectivity index (χ0n) is 20.2. The van der Waals surface area contributed by atoms with Crippen LogP contribution in [0.3, 0.4) is 0 Å². The average molecular weight is 487 g/mol. The van der Waals surface area contributed by atoms with Crippen LogP contribution in [0.1, 0.15) is 45.6 Å². The molecule has 8 heteroatoms. The quantitative estimate of drug-likeness (QED) is 0.231. The van der Waals surface area contributed by atoms with E-state index in [-0.39, 0.29) is 24.5 Å². The zero-order valence-corrected chi connectivity index (χ0v) is 20.2. The summed E-state index contributed by atoms with van der Waals surface area (Å²) in [5, 5.41) is 11.2. The molecular weight excluding hydrogens is 460 g/mol. The van der Waals surface area contributed by atoms with Gasteiger partial charge in [-0.1, -0.05) is 18.2 Å². The number of carbonyl (C=O) groups excluding carboxylic acids is 3. The van der Waals surface area contributed by atoms with E-state index in [0.717, 1.165) is 5.56 Å². The highest BCUT2D eigenvalue weighted by Gasteiger charge is 2.46. The molecule has 0 aliphatic carbocycles. The molecule has 1 aromatic heterocycles. The first-order valence-corrected chi connectivity index (χ1v) is 11.4. The molecule has 0 spiro atoms. The molecular formula is C28H26N2O6. The summed E-state index contributed by atoms with van der Waals surface area (Å²) in [7, 11) is 1.55. The fraction of sp³-hybridized carbons (Fsp3) is 0.214. The van der Waals surface area contributed by atoms with E-state index >= 15 is 0 Å². The maximum atomic E-state index is 13.2. The van der Waals surface area contributed by atoms with Gasteiger partial charge < -0.3 is 19.5 Å². The number of hydrogen-bond donors (Lipinski definition) is 1. The molecule has 36 heavy (non-hydrogen) atoms. The molecule has 1 aliphatic rings. The van der Waals surface area contributed by atoms with Crippen molar-refractivity contribution in [2.45, 2.75) is 26.4 Å². The van der Waals surface area contributed by atoms with Crippen molar-refractivity contribution in [1.29, 1.82) is 0 Å². The average Bonchev–Trinajstić information content (AvgIpc) is 3.14. The summed E-state index contributed by atoms with van der Waals surface area (Å²) < 4.78 is 10.3. The first-order valence-electron chi connectivity index (χ1n) is 11.4. The number of carbonyl (C=O) groups is 3. The molecule has 1 unspecified atom stereocenters. The number of methoxy groups -OCH3 is 1. The van der Waals surface area contributed by atoms with Crippen LogP contribution >= 0.6 is 0 Å². The minimum absolute atomic E-state index is 0.0132. The van der Waals surface area contributed by atoms with Gasteiger partial charge in [-0.2, -0.15) is 0 Å². The summed E-state index contributed by atoms with van der Waals surface area (Å²) >= 11 is 0. The SMILES string of the molecule is CCOC(=O)c1ccc(CN2C(=O)C(=O)/C(=C(\O)c3ccc(OC)c(C)c3)C2c2cccnc2)cc1. The molecule has 8 nitrogen and oxygen atoms in total. The zero-order chi connectivity index (χ0) is 25.8. The Labute approximate surface area is 208 Å². The largest absolute Gasteiger partial charge is 0.507 e. The van der Waals surface area contributed by atoms with Crippen molar-refractivity contribution in [1.82, 2.24) is 9.88 Å². The Morgan fingerprint density at radius 1 is 1.08 bits per heavy atom. The lowest BCUT2D eigenvalue weighted by molar-refractivity contribution is -0.140. The first kappa shape index (κ1) is 24.7. The Bertz CT molecular complexity index is 1330. The topological polar surface area (TPSA) is 106 Å². The van der Waals surface area contributed by atoms with Crippen LogP contribution in [0.4, 0.5) is 0 Å². The Hall–Kier alpha value is -4.46. The number of esters is 1. The predicted molar refractivity (Wildman–Crippen MR) is 132 cm³/mol. The van der Waals surface area contributed by atoms with Gasteiger partial charge in [0.15, 0.2) is 0 Å². The van der Waals surface area contributed by atoms with E-state index in [4.69, 9.17) is 9.47 Å². The lowest BCUT2D eigenvalue weighted by atomic mass is 9.95. The highest BCUT2D eigenvalue weighted by molar-refractivity contribution is 6.46. The number of ketones is 1. The predicted octanol–water partition coefficient (Wildman–Crippen LogP) is 4.20. The summed E-state index contributed by atoms with van der Waals surface area (Å²) in [5.74, 6) is -1.58. The summed E-state index contributed by atoms with van der Waals surface area (Å²) in [6, 6.07) is 14.3. The van der Waals surface area contributed by atoms with E-state index in [0.29, 0.717) is 28.0 Å². The number of aliphatic hydroxyl groups excluding tert-OH is 1. The molecule has 1 saturated heterocycles. The maximum absolute atomic E-state index is 13.2. The molecule has 2 aromatic carbocycles. The molecule has 1 atom stereocenters. The highest BCUT2D eigenvalue weighted by atomic mass is 16.5. The number of aromatic nitrogens is 1. The van der Waals surface area contributed by atoms with Crippen LogP contribution < -0.4 is 4.74 Å². The molecule has 0 bridgehead atoms. The minimum atomic E-state index is -0.842. The highest BCUT2D eigenvalue weighted by Crippen LogP contribution is 2.40. The molecule has 184 valence electrons. The third-order valence-electron chi connectivity index (χ3n) is 6.03. The third-order valence-corrected chi connectivity index (χ3v) is 6.03. The van der Waals surface area contributed by atoms with Crippen molar-refractivity contribution in [3.63, 3.8) is 0 Å². The Morgan fingerprint density at radius 3 is 2.42 bits per heavy atom. The van der Waals surface area contributed by atoms with E-state index in [1.165, 1.54) is 4.90 Å². The van der Waals surface area contributed by atoms with Crippen molar-refractivity contribution >= 4 is 23.4 Å². The van der Waals surface area contributed by atoms with Crippen LogP contribution in [-0.4, -0.2) is 46.4 Å². The van der Waals surface area contributed by atoms with Gasteiger partial charge in [0.2, 0.25) is 0 Å². The third kappa shape index (κ3) is 4.70. The molecule has 0 saturated carbocycles. The second-order valence-corrected chi connectivity index (χ2v) is 8.32. The number of ether oxygens (including phenoxy) is 2. The van der Waals surface area contributed by atoms with Crippen molar-refractivity contribution in [3.8, 4) is 5.75 Å². The molecule has 2 heterocycles. The van der Waals surface area contributed by atoms with E-state index in [1.54, 1.807) is 81.0 Å². The van der Waals surface area contributed by atoms with E-state index in [9.17, 15) is 19.5 Å². The number of hydrogen-bond acceptors (Lipinski definition) is 7. The summed E-state index contributed by atoms with van der Waals surface area (Å²) in [6.07, 6.45) is 3.16. The fourth-order valence-corrected chi connectivity index (χ4v) is 4.27. The monoisotopic (exact) mass is 486 g/mol. The van der Waals surface area contributed by atoms with Gasteiger partial charge in [0.25, 0.3) is 11.7 Å². The van der Waals surface area contributed by atoms with Gasteiger partial charge in [0, 0.05) is 24.5 Å². The number of aryl methyl sites for hydroxylation is 1. The van der Waals surface area contributed by atoms with Gasteiger partial charge in [-0.05, 0) is 66.9 Å². The molecule has 1 aliphatic heterocycles. The molecule has 1 fully saturated rings. The number of pyridine rings is 1. The van der Waals surface area contributed by atoms with Crippen molar-refractivity contribution < 1.29 is 29.0 Å². The van der Waals surface area contributed by atoms with Crippen LogP contribution in [-0.2, 0) is 20.9 Å². The molecule has 3 aromatic rings. The van der Waals surface area contributed by atoms with Crippen LogP contribution in [0.25, 0.3) is 5.76 Å². The van der Waals surface area contributed by atoms with Gasteiger partial charge in [0.1, 0.15) is 11.5 Å². The minimum Gasteiger partial charge on any atom is -0.507 e. The normalized spacial score (nSPS) is 16.8. The van der Waals surface area contributed by atoms with Crippen LogP contribution in [0.2, 0.25) is 0 Å². The second kappa shape index (κ2) is 10.4. The van der Waals surface area contributed by atoms with Crippen LogP contribution in [0.15, 0.2) is 72.6 Å². The lowest BCUT2D eigenvalue weighted by Crippen LogP contribution is -2.29. The van der Waals surface area contributed by atoms with Crippen molar-refractivity contribution in [2.24, 2.45) is 0 Å². The molecule has 0 radical (unpaired) electrons. The van der Waals surface area contributed by atoms with E-state index < -0.39 is 23.7 Å².